The number of hydrogen-bond donors (Lipinski definition) is 22. The van der Waals surface area contributed by atoms with Crippen LogP contribution in [-0.4, -0.2) is 229 Å². The summed E-state index contributed by atoms with van der Waals surface area (Å²) in [6.45, 7) is -2.99. The van der Waals surface area contributed by atoms with Crippen LogP contribution in [0.1, 0.15) is 72.5 Å². The molecule has 2 aliphatic rings. The van der Waals surface area contributed by atoms with Crippen LogP contribution < -0.4 is 0 Å². The van der Waals surface area contributed by atoms with E-state index in [1.807, 2.05) is 0 Å². The number of carbonyl (C=O) groups excluding carboxylic acids is 7. The van der Waals surface area contributed by atoms with Gasteiger partial charge in [-0.3, -0.25) is 0 Å². The molecule has 22 N–H and O–H groups in total. The summed E-state index contributed by atoms with van der Waals surface area (Å²) >= 11 is 0. The number of phenols is 21. The minimum absolute atomic E-state index is 0.414. The second kappa shape index (κ2) is 28.0. The maximum atomic E-state index is 14.7. The molecule has 2 aliphatic heterocycles. The van der Waals surface area contributed by atoms with Crippen LogP contribution in [0, 0.1) is 0 Å². The number of hydrogen-bond acceptors (Lipinski definition) is 39. The lowest BCUT2D eigenvalue weighted by molar-refractivity contribution is -0.352. The molecule has 39 heteroatoms. The van der Waals surface area contributed by atoms with Crippen molar-refractivity contribution < 1.29 is 193 Å². The maximum absolute atomic E-state index is 14.7. The highest BCUT2D eigenvalue weighted by Crippen LogP contribution is 2.45. The van der Waals surface area contributed by atoms with Crippen molar-refractivity contribution in [3.63, 3.8) is 0 Å². The molecule has 0 spiro atoms. The van der Waals surface area contributed by atoms with Gasteiger partial charge in [0.05, 0.1) is 38.9 Å². The normalized spacial score (nSPS) is 20.2. The summed E-state index contributed by atoms with van der Waals surface area (Å²) < 4.78 is 57.9. The minimum atomic E-state index is -2.97. The number of aliphatic hydroxyl groups excluding tert-OH is 1. The summed E-state index contributed by atoms with van der Waals surface area (Å²) in [5, 5.41) is 229. The Hall–Kier alpha value is -13.5. The Morgan fingerprint density at radius 2 is 0.460 bits per heavy atom. The van der Waals surface area contributed by atoms with E-state index in [2.05, 4.69) is 0 Å². The molecule has 2 heterocycles. The van der Waals surface area contributed by atoms with Crippen molar-refractivity contribution in [2.45, 2.75) is 61.4 Å². The number of aromatic hydroxyl groups is 21. The van der Waals surface area contributed by atoms with E-state index >= 15 is 0 Å². The van der Waals surface area contributed by atoms with Crippen LogP contribution in [0.5, 0.6) is 121 Å². The molecule has 0 radical (unpaired) electrons. The maximum Gasteiger partial charge on any atom is 0.339 e. The number of aliphatic hydroxyl groups is 1. The van der Waals surface area contributed by atoms with Crippen molar-refractivity contribution in [1.29, 1.82) is 0 Å². The van der Waals surface area contributed by atoms with Crippen LogP contribution in [-0.2, 0) is 47.4 Å². The zero-order valence-electron chi connectivity index (χ0n) is 49.5. The van der Waals surface area contributed by atoms with Crippen molar-refractivity contribution in [3.05, 3.63) is 124 Å². The first kappa shape index (κ1) is 70.8. The van der Waals surface area contributed by atoms with Gasteiger partial charge < -0.3 is 160 Å². The molecule has 0 unspecified atom stereocenters. The molecule has 9 rings (SSSR count). The largest absolute Gasteiger partial charge is 0.504 e. The van der Waals surface area contributed by atoms with Gasteiger partial charge in [0, 0.05) is 0 Å². The van der Waals surface area contributed by atoms with E-state index in [9.17, 15) is 146 Å². The van der Waals surface area contributed by atoms with E-state index < -0.39 is 276 Å². The van der Waals surface area contributed by atoms with Gasteiger partial charge in [-0.15, -0.1) is 0 Å². The van der Waals surface area contributed by atoms with Gasteiger partial charge in [-0.1, -0.05) is 0 Å². The zero-order valence-corrected chi connectivity index (χ0v) is 49.5. The smallest absolute Gasteiger partial charge is 0.339 e. The lowest BCUT2D eigenvalue weighted by atomic mass is 9.95. The van der Waals surface area contributed by atoms with Gasteiger partial charge in [0.25, 0.3) is 0 Å². The molecular formula is C61H50O39. The summed E-state index contributed by atoms with van der Waals surface area (Å²) in [5.41, 5.74) is -6.50. The third-order valence-electron chi connectivity index (χ3n) is 14.6. The van der Waals surface area contributed by atoms with Gasteiger partial charge in [0.1, 0.15) is 31.5 Å². The van der Waals surface area contributed by atoms with Gasteiger partial charge in [-0.05, 0) is 84.9 Å². The van der Waals surface area contributed by atoms with Crippen LogP contribution in [0.4, 0.5) is 0 Å². The van der Waals surface area contributed by atoms with Crippen molar-refractivity contribution in [2.24, 2.45) is 0 Å². The Morgan fingerprint density at radius 3 is 0.720 bits per heavy atom. The van der Waals surface area contributed by atoms with Crippen molar-refractivity contribution in [3.8, 4) is 121 Å². The molecule has 2 saturated heterocycles. The molecule has 10 atom stereocenters. The van der Waals surface area contributed by atoms with Gasteiger partial charge in [-0.2, -0.15) is 0 Å². The van der Waals surface area contributed by atoms with Crippen molar-refractivity contribution in [1.82, 2.24) is 0 Å². The van der Waals surface area contributed by atoms with Gasteiger partial charge in [0.2, 0.25) is 0 Å². The third kappa shape index (κ3) is 14.6. The Kier molecular flexibility index (Phi) is 19.8. The summed E-state index contributed by atoms with van der Waals surface area (Å²) in [6, 6.07) is 6.48. The summed E-state index contributed by atoms with van der Waals surface area (Å²) in [4.78, 5) is 100. The van der Waals surface area contributed by atoms with Gasteiger partial charge in [0.15, 0.2) is 164 Å². The highest BCUT2D eigenvalue weighted by molar-refractivity contribution is 5.95. The molecule has 100 heavy (non-hydrogen) atoms. The lowest BCUT2D eigenvalue weighted by Crippen LogP contribution is -2.67. The number of ether oxygens (including phenoxy) is 10. The topological polar surface area (TPSA) is 657 Å². The number of esters is 7. The quantitative estimate of drug-likeness (QED) is 0.0329. The molecule has 7 aromatic carbocycles. The first-order chi connectivity index (χ1) is 47.0. The number of phenolic OH excluding ortho intramolecular Hbond substituents is 21. The summed E-state index contributed by atoms with van der Waals surface area (Å²) in [6.07, 6.45) is -27.6. The molecule has 39 nitrogen and oxygen atoms in total. The van der Waals surface area contributed by atoms with Gasteiger partial charge in [-0.25, -0.2) is 33.6 Å². The first-order valence-corrected chi connectivity index (χ1v) is 27.8. The predicted molar refractivity (Wildman–Crippen MR) is 311 cm³/mol. The molecule has 528 valence electrons. The zero-order chi connectivity index (χ0) is 73.4. The number of carbonyl (C=O) groups is 7. The monoisotopic (exact) mass is 1410 g/mol. The average molecular weight is 1410 g/mol. The molecule has 2 fully saturated rings. The average Bonchev–Trinajstić information content (AvgIpc) is 0.766. The first-order valence-electron chi connectivity index (χ1n) is 27.8. The summed E-state index contributed by atoms with van der Waals surface area (Å²) in [5.74, 6) is -38.0. The predicted octanol–water partition coefficient (Wildman–Crippen LogP) is 1.47. The van der Waals surface area contributed by atoms with E-state index in [1.54, 1.807) is 0 Å². The minimum Gasteiger partial charge on any atom is -0.504 e. The van der Waals surface area contributed by atoms with E-state index in [1.165, 1.54) is 0 Å². The Morgan fingerprint density at radius 1 is 0.260 bits per heavy atom. The van der Waals surface area contributed by atoms with E-state index in [4.69, 9.17) is 47.4 Å². The highest BCUT2D eigenvalue weighted by Gasteiger charge is 2.58. The lowest BCUT2D eigenvalue weighted by Gasteiger charge is -2.48. The number of rotatable bonds is 18. The fraction of sp³-hybridized carbons (Fsp3) is 0.197. The van der Waals surface area contributed by atoms with Gasteiger partial charge >= 0.3 is 41.8 Å². The fourth-order valence-electron chi connectivity index (χ4n) is 9.63. The number of benzene rings is 7. The second-order valence-corrected chi connectivity index (χ2v) is 21.3. The Bertz CT molecular complexity index is 4290. The highest BCUT2D eigenvalue weighted by atomic mass is 16.8. The molecule has 0 amide bonds. The van der Waals surface area contributed by atoms with Crippen LogP contribution >= 0.6 is 0 Å². The third-order valence-corrected chi connectivity index (χ3v) is 14.6. The van der Waals surface area contributed by atoms with Crippen LogP contribution in [0.2, 0.25) is 0 Å². The summed E-state index contributed by atoms with van der Waals surface area (Å²) in [7, 11) is 0. The molecule has 0 aromatic heterocycles. The van der Waals surface area contributed by atoms with Crippen LogP contribution in [0.3, 0.4) is 0 Å². The second-order valence-electron chi connectivity index (χ2n) is 21.3. The van der Waals surface area contributed by atoms with E-state index in [0.29, 0.717) is 84.9 Å². The molecule has 0 aliphatic carbocycles. The molecule has 0 saturated carbocycles. The molecular weight excluding hydrogens is 1360 g/mol. The van der Waals surface area contributed by atoms with E-state index in [-0.39, 0.29) is 0 Å². The van der Waals surface area contributed by atoms with E-state index in [0.717, 1.165) is 0 Å². The molecule has 0 bridgehead atoms. The molecule has 7 aromatic rings. The van der Waals surface area contributed by atoms with Crippen molar-refractivity contribution in [2.75, 3.05) is 13.2 Å². The standard InChI is InChI=1S/C61H50O39/c62-24-1-17(2-25(63)40(24)76)53(83)91-15-38-48(49(96-56(86)20-7-30(68)43(79)31(69)8-20)51(60(90)93-38)98-58(88)22-11-34(72)45(81)35(73)12-22)100-61-52(99-59(89)23-13-36(74)46(82)37(75)14-23)50(97-57(87)21-9-32(70)44(80)33(71)10-21)47(95-55(85)19-5-28(66)42(78)29(67)6-19)39(94-61)16-92-54(84)18-3-26(64)41(77)27(65)4-18/h1-14,38-39,47-52,60-82,90H,15-16H2/t38-,39-,47-,48-,49+,50+,51-,52-,60-,61-/m1/s1. The van der Waals surface area contributed by atoms with Crippen molar-refractivity contribution >= 4 is 41.8 Å². The van der Waals surface area contributed by atoms with Crippen LogP contribution in [0.15, 0.2) is 84.9 Å². The SMILES string of the molecule is O=C(OC[C@H]1O[C@@H](O)[C@H](OC(=O)c2cc(O)c(O)c(O)c2)[C@@H](OC(=O)c2cc(O)c(O)c(O)c2)[C@@H]1O[C@H]1O[C@H](COC(=O)c2cc(O)c(O)c(O)c2)[C@@H](OC(=O)c2cc(O)c(O)c(O)c2)[C@H](OC(=O)c2cc(O)c(O)c(O)c2)[C@H]1OC(=O)c1cc(O)c(O)c(O)c1)c1cc(O)c(O)c(O)c1. The fourth-order valence-corrected chi connectivity index (χ4v) is 9.63. The Labute approximate surface area is 552 Å². The van der Waals surface area contributed by atoms with Crippen LogP contribution in [0.25, 0.3) is 0 Å². The Balaban J connectivity index is 1.28.